The number of amides is 5. The van der Waals surface area contributed by atoms with Crippen molar-refractivity contribution in [3.8, 4) is 0 Å². The Bertz CT molecular complexity index is 1290. The van der Waals surface area contributed by atoms with Crippen molar-refractivity contribution in [1.82, 2.24) is 31.1 Å². The SMILES string of the molecule is C=O.CC.CC(NC=O)C1C=CC=CCC1.CCN(C)C.CCNC(=O)C(=O)C(CCC(F)F)NC(=O)C1CCCN1C(=O)C(NC(=O)OC(C)(C)C)C1CCCCC1. The van der Waals surface area contributed by atoms with Gasteiger partial charge in [0.05, 0.1) is 6.04 Å². The number of ketones is 1. The Morgan fingerprint density at radius 1 is 0.932 bits per heavy atom. The van der Waals surface area contributed by atoms with Gasteiger partial charge in [-0.1, -0.05) is 64.3 Å². The Morgan fingerprint density at radius 2 is 1.54 bits per heavy atom. The molecule has 14 nitrogen and oxygen atoms in total. The van der Waals surface area contributed by atoms with Crippen molar-refractivity contribution in [3.63, 3.8) is 0 Å². The minimum absolute atomic E-state index is 0.119. The summed E-state index contributed by atoms with van der Waals surface area (Å²) in [5.41, 5.74) is -0.760. The summed E-state index contributed by atoms with van der Waals surface area (Å²) < 4.78 is 31.1. The number of ether oxygens (including phenoxy) is 1. The normalized spacial score (nSPS) is 18.8. The number of halogens is 2. The van der Waals surface area contributed by atoms with E-state index in [0.29, 0.717) is 18.8 Å². The first kappa shape index (κ1) is 56.9. The molecular weight excluding hydrogens is 767 g/mol. The molecule has 0 bridgehead atoms. The molecule has 3 rings (SSSR count). The number of carbonyl (C=O) groups excluding carboxylic acids is 7. The molecule has 0 spiro atoms. The van der Waals surface area contributed by atoms with E-state index in [9.17, 15) is 37.5 Å². The Balaban J connectivity index is 0. The molecule has 0 aromatic heterocycles. The summed E-state index contributed by atoms with van der Waals surface area (Å²) in [6.45, 7) is 18.5. The molecule has 0 radical (unpaired) electrons. The molecule has 5 atom stereocenters. The first-order chi connectivity index (χ1) is 27.9. The summed E-state index contributed by atoms with van der Waals surface area (Å²) in [7, 11) is 4.11. The number of nitrogens with zero attached hydrogens (tertiary/aromatic N) is 2. The molecule has 5 amide bonds. The minimum Gasteiger partial charge on any atom is -0.444 e. The van der Waals surface area contributed by atoms with Gasteiger partial charge in [0.1, 0.15) is 24.5 Å². The van der Waals surface area contributed by atoms with Gasteiger partial charge >= 0.3 is 6.09 Å². The third kappa shape index (κ3) is 24.5. The Hall–Kier alpha value is -4.21. The van der Waals surface area contributed by atoms with Gasteiger partial charge in [0, 0.05) is 25.6 Å². The van der Waals surface area contributed by atoms with E-state index in [1.165, 1.54) is 4.90 Å². The predicted molar refractivity (Wildman–Crippen MR) is 228 cm³/mol. The van der Waals surface area contributed by atoms with Gasteiger partial charge in [0.15, 0.2) is 0 Å². The van der Waals surface area contributed by atoms with Gasteiger partial charge < -0.3 is 40.6 Å². The van der Waals surface area contributed by atoms with Crippen LogP contribution >= 0.6 is 0 Å². The molecule has 59 heavy (non-hydrogen) atoms. The molecule has 1 aliphatic heterocycles. The number of Topliss-reactive ketones (excluding diaryl/α,β-unsaturated/α-hetero) is 1. The predicted octanol–water partition coefficient (Wildman–Crippen LogP) is 5.74. The van der Waals surface area contributed by atoms with Crippen LogP contribution < -0.4 is 21.3 Å². The van der Waals surface area contributed by atoms with Crippen LogP contribution in [0.3, 0.4) is 0 Å². The Morgan fingerprint density at radius 3 is 2.07 bits per heavy atom. The van der Waals surface area contributed by atoms with E-state index in [0.717, 1.165) is 57.9 Å². The summed E-state index contributed by atoms with van der Waals surface area (Å²) in [6.07, 6.45) is 12.1. The number of alkyl halides is 2. The quantitative estimate of drug-likeness (QED) is 0.118. The molecular formula is C43H76F2N6O8. The van der Waals surface area contributed by atoms with E-state index in [1.54, 1.807) is 27.7 Å². The molecule has 16 heteroatoms. The second-order valence-corrected chi connectivity index (χ2v) is 15.5. The number of allylic oxidation sites excluding steroid dienone is 3. The molecule has 2 aliphatic carbocycles. The van der Waals surface area contributed by atoms with Crippen molar-refractivity contribution in [1.29, 1.82) is 0 Å². The zero-order valence-electron chi connectivity index (χ0n) is 37.5. The van der Waals surface area contributed by atoms with E-state index in [1.807, 2.05) is 27.6 Å². The number of alkyl carbamates (subject to hydrolysis) is 1. The summed E-state index contributed by atoms with van der Waals surface area (Å²) in [4.78, 5) is 85.8. The molecule has 1 saturated heterocycles. The van der Waals surface area contributed by atoms with Gasteiger partial charge in [-0.05, 0) is 112 Å². The maximum atomic E-state index is 13.7. The average Bonchev–Trinajstić information content (AvgIpc) is 3.54. The summed E-state index contributed by atoms with van der Waals surface area (Å²) in [6, 6.07) is -3.02. The lowest BCUT2D eigenvalue weighted by atomic mass is 9.83. The number of carbonyl (C=O) groups is 7. The highest BCUT2D eigenvalue weighted by molar-refractivity contribution is 6.38. The smallest absolute Gasteiger partial charge is 0.408 e. The maximum absolute atomic E-state index is 13.7. The Labute approximate surface area is 352 Å². The molecule has 2 fully saturated rings. The van der Waals surface area contributed by atoms with Crippen LogP contribution in [-0.4, -0.2) is 123 Å². The van der Waals surface area contributed by atoms with Crippen LogP contribution in [0.15, 0.2) is 24.3 Å². The van der Waals surface area contributed by atoms with E-state index in [-0.39, 0.29) is 25.0 Å². The molecule has 4 N–H and O–H groups in total. The zero-order chi connectivity index (χ0) is 45.6. The second-order valence-electron chi connectivity index (χ2n) is 15.5. The second kappa shape index (κ2) is 32.6. The standard InChI is InChI=1S/C26H42F2N4O6.C10H15NO.C4H11N.C2H6.CH2O/c1-5-29-23(35)21(33)17(13-14-19(27)28)30-22(34)18-12-9-15-32(18)24(36)20(16-10-7-6-8-11-16)31-25(37)38-26(2,3)4;1-9(11-8-12)10-6-4-2-3-5-7-10;1-4-5(2)3;2*1-2/h16-20H,5-15H2,1-4H3,(H,29,35)(H,30,34)(H,31,37);2-4,6,8-10H,5,7H2,1H3,(H,11,12);4H2,1-3H3;1-2H3;1H2. The summed E-state index contributed by atoms with van der Waals surface area (Å²) >= 11 is 0. The van der Waals surface area contributed by atoms with Crippen LogP contribution in [0, 0.1) is 11.8 Å². The number of hydrogen-bond donors (Lipinski definition) is 4. The first-order valence-corrected chi connectivity index (χ1v) is 21.1. The molecule has 5 unspecified atom stereocenters. The van der Waals surface area contributed by atoms with E-state index < -0.39 is 72.6 Å². The van der Waals surface area contributed by atoms with Crippen LogP contribution in [0.1, 0.15) is 126 Å². The van der Waals surface area contributed by atoms with Crippen molar-refractivity contribution in [3.05, 3.63) is 24.3 Å². The van der Waals surface area contributed by atoms with Gasteiger partial charge in [-0.2, -0.15) is 0 Å². The van der Waals surface area contributed by atoms with Gasteiger partial charge in [-0.3, -0.25) is 24.0 Å². The lowest BCUT2D eigenvalue weighted by Gasteiger charge is -2.35. The van der Waals surface area contributed by atoms with Crippen molar-refractivity contribution in [2.24, 2.45) is 11.8 Å². The molecule has 3 aliphatic rings. The van der Waals surface area contributed by atoms with E-state index >= 15 is 0 Å². The van der Waals surface area contributed by atoms with E-state index in [4.69, 9.17) is 9.53 Å². The number of nitrogens with one attached hydrogen (secondary N) is 4. The van der Waals surface area contributed by atoms with Gasteiger partial charge in [0.25, 0.3) is 5.91 Å². The fourth-order valence-electron chi connectivity index (χ4n) is 6.41. The number of likely N-dealkylation sites (N-methyl/N-ethyl adjacent to an activating group) is 1. The molecule has 1 saturated carbocycles. The maximum Gasteiger partial charge on any atom is 0.408 e. The van der Waals surface area contributed by atoms with Crippen LogP contribution in [-0.2, 0) is 33.5 Å². The van der Waals surface area contributed by atoms with Crippen molar-refractivity contribution >= 4 is 42.8 Å². The van der Waals surface area contributed by atoms with Crippen molar-refractivity contribution in [2.75, 3.05) is 33.7 Å². The highest BCUT2D eigenvalue weighted by Gasteiger charge is 2.42. The lowest BCUT2D eigenvalue weighted by Crippen LogP contribution is -2.58. The van der Waals surface area contributed by atoms with Crippen molar-refractivity contribution < 1.29 is 47.1 Å². The highest BCUT2D eigenvalue weighted by atomic mass is 19.3. The number of hydrogen-bond acceptors (Lipinski definition) is 9. The topological polar surface area (TPSA) is 183 Å². The zero-order valence-corrected chi connectivity index (χ0v) is 37.5. The number of likely N-dealkylation sites (tertiary alicyclic amines) is 1. The van der Waals surface area contributed by atoms with Crippen LogP contribution in [0.25, 0.3) is 0 Å². The summed E-state index contributed by atoms with van der Waals surface area (Å²) in [5, 5.41) is 10.3. The Kier molecular flexibility index (Phi) is 31.5. The third-order valence-electron chi connectivity index (χ3n) is 9.64. The fraction of sp³-hybridized carbons (Fsp3) is 0.744. The van der Waals surface area contributed by atoms with Crippen molar-refractivity contribution in [2.45, 2.75) is 162 Å². The van der Waals surface area contributed by atoms with Crippen LogP contribution in [0.4, 0.5) is 13.6 Å². The molecule has 1 heterocycles. The van der Waals surface area contributed by atoms with E-state index in [2.05, 4.69) is 71.5 Å². The fourth-order valence-corrected chi connectivity index (χ4v) is 6.41. The molecule has 0 aromatic carbocycles. The van der Waals surface area contributed by atoms with Crippen LogP contribution in [0.5, 0.6) is 0 Å². The van der Waals surface area contributed by atoms with Gasteiger partial charge in [-0.15, -0.1) is 0 Å². The number of rotatable bonds is 15. The lowest BCUT2D eigenvalue weighted by molar-refractivity contribution is -0.143. The third-order valence-corrected chi connectivity index (χ3v) is 9.64. The van der Waals surface area contributed by atoms with Gasteiger partial charge in [-0.25, -0.2) is 13.6 Å². The highest BCUT2D eigenvalue weighted by Crippen LogP contribution is 2.30. The van der Waals surface area contributed by atoms with Gasteiger partial charge in [0.2, 0.25) is 30.4 Å². The minimum atomic E-state index is -2.71. The van der Waals surface area contributed by atoms with Crippen LogP contribution in [0.2, 0.25) is 0 Å². The monoisotopic (exact) mass is 843 g/mol. The molecule has 340 valence electrons. The average molecular weight is 843 g/mol. The summed E-state index contributed by atoms with van der Waals surface area (Å²) in [5.74, 6) is -2.72. The molecule has 0 aromatic rings. The largest absolute Gasteiger partial charge is 0.444 e. The first-order valence-electron chi connectivity index (χ1n) is 21.1.